The summed E-state index contributed by atoms with van der Waals surface area (Å²) in [6.45, 7) is 13.1. The van der Waals surface area contributed by atoms with E-state index in [1.807, 2.05) is 38.1 Å². The van der Waals surface area contributed by atoms with Crippen LogP contribution in [0.1, 0.15) is 87.9 Å². The molecule has 0 unspecified atom stereocenters. The van der Waals surface area contributed by atoms with E-state index < -0.39 is 5.97 Å². The summed E-state index contributed by atoms with van der Waals surface area (Å²) in [7, 11) is 0. The van der Waals surface area contributed by atoms with Gasteiger partial charge in [-0.25, -0.2) is 4.79 Å². The average Bonchev–Trinajstić information content (AvgIpc) is 2.93. The first-order valence-corrected chi connectivity index (χ1v) is 13.9. The third-order valence-electron chi connectivity index (χ3n) is 6.72. The summed E-state index contributed by atoms with van der Waals surface area (Å²) in [5.74, 6) is -0.578. The smallest absolute Gasteiger partial charge is 0.335 e. The van der Waals surface area contributed by atoms with Crippen LogP contribution in [0.5, 0.6) is 0 Å². The summed E-state index contributed by atoms with van der Waals surface area (Å²) < 4.78 is 0. The van der Waals surface area contributed by atoms with Gasteiger partial charge in [0.2, 0.25) is 5.91 Å². The number of aromatic carboxylic acids is 1. The van der Waals surface area contributed by atoms with Crippen molar-refractivity contribution >= 4 is 17.7 Å². The summed E-state index contributed by atoms with van der Waals surface area (Å²) in [6.07, 6.45) is 3.67. The SMILES string of the molecule is CCC(=O)N(CC)C(=N)CCCc1cccc(-c2cccc(C(=O)O)c2)c1.CCc1ccc(C(C)(C)C)cc1. The summed E-state index contributed by atoms with van der Waals surface area (Å²) in [6, 6.07) is 23.8. The van der Waals surface area contributed by atoms with Crippen molar-refractivity contribution in [3.63, 3.8) is 0 Å². The van der Waals surface area contributed by atoms with Crippen molar-refractivity contribution in [1.29, 1.82) is 5.41 Å². The van der Waals surface area contributed by atoms with Gasteiger partial charge in [0.15, 0.2) is 0 Å². The van der Waals surface area contributed by atoms with E-state index in [0.29, 0.717) is 25.2 Å². The van der Waals surface area contributed by atoms with E-state index in [1.165, 1.54) is 16.0 Å². The molecule has 0 bridgehead atoms. The predicted molar refractivity (Wildman–Crippen MR) is 162 cm³/mol. The number of carboxylic acids is 1. The molecule has 3 aromatic carbocycles. The Kier molecular flexibility index (Phi) is 12.1. The second-order valence-electron chi connectivity index (χ2n) is 10.7. The Morgan fingerprint density at radius 2 is 1.46 bits per heavy atom. The van der Waals surface area contributed by atoms with Crippen molar-refractivity contribution in [2.24, 2.45) is 0 Å². The van der Waals surface area contributed by atoms with Crippen molar-refractivity contribution < 1.29 is 14.7 Å². The van der Waals surface area contributed by atoms with E-state index >= 15 is 0 Å². The second kappa shape index (κ2) is 15.0. The quantitative estimate of drug-likeness (QED) is 0.217. The van der Waals surface area contributed by atoms with E-state index in [4.69, 9.17) is 10.5 Å². The van der Waals surface area contributed by atoms with Crippen LogP contribution in [0.15, 0.2) is 72.8 Å². The molecule has 5 heteroatoms. The van der Waals surface area contributed by atoms with Gasteiger partial charge >= 0.3 is 5.97 Å². The van der Waals surface area contributed by atoms with Gasteiger partial charge in [-0.05, 0) is 71.6 Å². The largest absolute Gasteiger partial charge is 0.478 e. The Morgan fingerprint density at radius 3 is 2.00 bits per heavy atom. The van der Waals surface area contributed by atoms with E-state index in [0.717, 1.165) is 36.0 Å². The molecule has 0 radical (unpaired) electrons. The van der Waals surface area contributed by atoms with E-state index in [2.05, 4.69) is 58.0 Å². The number of amidine groups is 1. The van der Waals surface area contributed by atoms with Crippen molar-refractivity contribution in [1.82, 2.24) is 4.90 Å². The number of nitrogens with one attached hydrogen (secondary N) is 1. The number of carbonyl (C=O) groups is 2. The zero-order valence-corrected chi connectivity index (χ0v) is 24.4. The number of aryl methyl sites for hydroxylation is 2. The molecule has 2 N–H and O–H groups in total. The third-order valence-corrected chi connectivity index (χ3v) is 6.72. The summed E-state index contributed by atoms with van der Waals surface area (Å²) in [5.41, 5.74) is 6.36. The number of hydrogen-bond donors (Lipinski definition) is 2. The van der Waals surface area contributed by atoms with Crippen LogP contribution in [-0.2, 0) is 23.1 Å². The van der Waals surface area contributed by atoms with Gasteiger partial charge in [-0.15, -0.1) is 0 Å². The molecule has 0 saturated heterocycles. The second-order valence-corrected chi connectivity index (χ2v) is 10.7. The van der Waals surface area contributed by atoms with Gasteiger partial charge in [0.25, 0.3) is 0 Å². The first-order chi connectivity index (χ1) is 18.5. The molecule has 0 aliphatic heterocycles. The van der Waals surface area contributed by atoms with Crippen molar-refractivity contribution in [2.45, 2.75) is 79.1 Å². The minimum atomic E-state index is -0.936. The molecule has 0 saturated carbocycles. The monoisotopic (exact) mass is 528 g/mol. The number of rotatable bonds is 9. The molecular formula is C34H44N2O3. The van der Waals surface area contributed by atoms with Crippen LogP contribution in [0.4, 0.5) is 0 Å². The fourth-order valence-corrected chi connectivity index (χ4v) is 4.28. The molecule has 3 aromatic rings. The highest BCUT2D eigenvalue weighted by molar-refractivity contribution is 5.96. The highest BCUT2D eigenvalue weighted by atomic mass is 16.4. The first-order valence-electron chi connectivity index (χ1n) is 13.9. The maximum Gasteiger partial charge on any atom is 0.335 e. The van der Waals surface area contributed by atoms with Gasteiger partial charge in [0, 0.05) is 19.4 Å². The van der Waals surface area contributed by atoms with Crippen LogP contribution < -0.4 is 0 Å². The molecular weight excluding hydrogens is 484 g/mol. The highest BCUT2D eigenvalue weighted by Crippen LogP contribution is 2.23. The number of benzene rings is 3. The van der Waals surface area contributed by atoms with Gasteiger partial charge in [-0.3, -0.25) is 10.2 Å². The lowest BCUT2D eigenvalue weighted by Gasteiger charge is -2.21. The number of hydrogen-bond acceptors (Lipinski definition) is 3. The molecule has 0 aromatic heterocycles. The normalized spacial score (nSPS) is 10.8. The number of carboxylic acid groups (broad SMARTS) is 1. The lowest BCUT2D eigenvalue weighted by Crippen LogP contribution is -2.35. The lowest BCUT2D eigenvalue weighted by atomic mass is 9.86. The standard InChI is InChI=1S/C22H26N2O3.C12H18/c1-3-21(25)24(4-2)20(23)13-6-9-16-8-5-10-17(14-16)18-11-7-12-19(15-18)22(26)27;1-5-10-6-8-11(9-7-10)12(2,3)4/h5,7-8,10-12,14-15,23H,3-4,6,9,13H2,1-2H3,(H,26,27);6-9H,5H2,1-4H3. The Hall–Kier alpha value is -3.73. The summed E-state index contributed by atoms with van der Waals surface area (Å²) in [4.78, 5) is 24.5. The van der Waals surface area contributed by atoms with Crippen LogP contribution in [0, 0.1) is 5.41 Å². The molecule has 0 spiro atoms. The third kappa shape index (κ3) is 9.82. The van der Waals surface area contributed by atoms with Gasteiger partial charge in [0.1, 0.15) is 5.84 Å². The van der Waals surface area contributed by atoms with Crippen LogP contribution in [-0.4, -0.2) is 34.3 Å². The zero-order chi connectivity index (χ0) is 29.0. The first kappa shape index (κ1) is 31.5. The van der Waals surface area contributed by atoms with E-state index in [-0.39, 0.29) is 16.9 Å². The van der Waals surface area contributed by atoms with Crippen molar-refractivity contribution in [3.05, 3.63) is 95.1 Å². The average molecular weight is 529 g/mol. The highest BCUT2D eigenvalue weighted by Gasteiger charge is 2.14. The maximum absolute atomic E-state index is 11.8. The van der Waals surface area contributed by atoms with Crippen LogP contribution in [0.3, 0.4) is 0 Å². The topological polar surface area (TPSA) is 81.5 Å². The van der Waals surface area contributed by atoms with Crippen LogP contribution >= 0.6 is 0 Å². The molecule has 0 fully saturated rings. The van der Waals surface area contributed by atoms with Crippen LogP contribution in [0.25, 0.3) is 11.1 Å². The zero-order valence-electron chi connectivity index (χ0n) is 24.4. The van der Waals surface area contributed by atoms with Gasteiger partial charge in [-0.2, -0.15) is 0 Å². The Balaban J connectivity index is 0.000000370. The molecule has 0 aliphatic carbocycles. The molecule has 39 heavy (non-hydrogen) atoms. The summed E-state index contributed by atoms with van der Waals surface area (Å²) in [5, 5.41) is 17.3. The molecule has 208 valence electrons. The van der Waals surface area contributed by atoms with Crippen molar-refractivity contribution in [2.75, 3.05) is 6.54 Å². The van der Waals surface area contributed by atoms with E-state index in [9.17, 15) is 9.59 Å². The number of nitrogens with zero attached hydrogens (tertiary/aromatic N) is 1. The fraction of sp³-hybridized carbons (Fsp3) is 0.382. The van der Waals surface area contributed by atoms with Gasteiger partial charge < -0.3 is 10.0 Å². The Bertz CT molecular complexity index is 1240. The number of amides is 1. The molecule has 3 rings (SSSR count). The minimum absolute atomic E-state index is 0.0113. The molecule has 0 heterocycles. The fourth-order valence-electron chi connectivity index (χ4n) is 4.28. The molecule has 0 atom stereocenters. The molecule has 1 amide bonds. The van der Waals surface area contributed by atoms with E-state index in [1.54, 1.807) is 18.2 Å². The molecule has 5 nitrogen and oxygen atoms in total. The predicted octanol–water partition coefficient (Wildman–Crippen LogP) is 8.16. The van der Waals surface area contributed by atoms with Gasteiger partial charge in [0.05, 0.1) is 5.56 Å². The Labute approximate surface area is 234 Å². The maximum atomic E-state index is 11.8. The molecule has 0 aliphatic rings. The summed E-state index contributed by atoms with van der Waals surface area (Å²) >= 11 is 0. The van der Waals surface area contributed by atoms with Crippen molar-refractivity contribution in [3.8, 4) is 11.1 Å². The van der Waals surface area contributed by atoms with Crippen LogP contribution in [0.2, 0.25) is 0 Å². The minimum Gasteiger partial charge on any atom is -0.478 e. The van der Waals surface area contributed by atoms with Gasteiger partial charge in [-0.1, -0.05) is 95.3 Å². The lowest BCUT2D eigenvalue weighted by molar-refractivity contribution is -0.127. The Morgan fingerprint density at radius 1 is 0.846 bits per heavy atom. The number of carbonyl (C=O) groups excluding carboxylic acids is 1.